The highest BCUT2D eigenvalue weighted by atomic mass is 79.9. The second-order valence-corrected chi connectivity index (χ2v) is 10.5. The molecule has 3 rings (SSSR count). The summed E-state index contributed by atoms with van der Waals surface area (Å²) < 4.78 is 90.9. The zero-order chi connectivity index (χ0) is 26.2. The molecule has 3 aromatic rings. The third-order valence-corrected chi connectivity index (χ3v) is 6.43. The van der Waals surface area contributed by atoms with Gasteiger partial charge >= 0.3 is 11.0 Å². The van der Waals surface area contributed by atoms with Crippen molar-refractivity contribution in [2.45, 2.75) is 22.4 Å². The molecule has 1 aromatic heterocycles. The summed E-state index contributed by atoms with van der Waals surface area (Å²) in [6.45, 7) is -0.180. The Kier molecular flexibility index (Phi) is 7.23. The van der Waals surface area contributed by atoms with Crippen LogP contribution in [0.1, 0.15) is 27.0 Å². The molecule has 0 radical (unpaired) electrons. The van der Waals surface area contributed by atoms with Gasteiger partial charge in [-0.15, -0.1) is 0 Å². The predicted octanol–water partition coefficient (Wildman–Crippen LogP) is 4.63. The van der Waals surface area contributed by atoms with Crippen molar-refractivity contribution in [1.82, 2.24) is 9.88 Å². The molecule has 35 heavy (non-hydrogen) atoms. The molecule has 1 N–H and O–H groups in total. The van der Waals surface area contributed by atoms with Gasteiger partial charge in [-0.05, 0) is 57.9 Å². The van der Waals surface area contributed by atoms with Gasteiger partial charge < -0.3 is 5.32 Å². The molecule has 0 saturated carbocycles. The molecular weight excluding hydrogens is 563 g/mol. The Morgan fingerprint density at radius 2 is 1.63 bits per heavy atom. The van der Waals surface area contributed by atoms with E-state index in [-0.39, 0.29) is 17.1 Å². The van der Waals surface area contributed by atoms with Crippen LogP contribution in [0.15, 0.2) is 70.5 Å². The fraction of sp³-hybridized carbons (Fsp3) is 0.182. The van der Waals surface area contributed by atoms with E-state index in [1.807, 2.05) is 0 Å². The third kappa shape index (κ3) is 6.34. The zero-order valence-corrected chi connectivity index (χ0v) is 20.1. The van der Waals surface area contributed by atoms with E-state index >= 15 is 0 Å². The number of hydrogen-bond donors (Lipinski definition) is 1. The Labute approximate surface area is 204 Å². The summed E-state index contributed by atoms with van der Waals surface area (Å²) in [4.78, 5) is 22.0. The number of halogens is 6. The van der Waals surface area contributed by atoms with Crippen molar-refractivity contribution in [1.29, 1.82) is 0 Å². The zero-order valence-electron chi connectivity index (χ0n) is 17.7. The summed E-state index contributed by atoms with van der Waals surface area (Å²) in [6.07, 6.45) is -3.08. The summed E-state index contributed by atoms with van der Waals surface area (Å²) in [5.74, 6) is -1.05. The van der Waals surface area contributed by atoms with Crippen molar-refractivity contribution >= 4 is 31.7 Å². The molecule has 0 aliphatic carbocycles. The lowest BCUT2D eigenvalue weighted by atomic mass is 10.1. The van der Waals surface area contributed by atoms with Gasteiger partial charge in [-0.25, -0.2) is 8.42 Å². The van der Waals surface area contributed by atoms with Gasteiger partial charge in [-0.2, -0.15) is 22.0 Å². The van der Waals surface area contributed by atoms with Crippen molar-refractivity contribution in [2.24, 2.45) is 0 Å². The minimum absolute atomic E-state index is 0.0452. The summed E-state index contributed by atoms with van der Waals surface area (Å²) in [7, 11) is -3.44. The topological polar surface area (TPSA) is 85.2 Å². The van der Waals surface area contributed by atoms with Gasteiger partial charge in [-0.3, -0.25) is 14.2 Å². The molecule has 0 aliphatic rings. The van der Waals surface area contributed by atoms with E-state index in [1.165, 1.54) is 24.3 Å². The van der Waals surface area contributed by atoms with E-state index < -0.39 is 49.0 Å². The molecule has 0 fully saturated rings. The number of sulfone groups is 1. The largest absolute Gasteiger partial charge is 0.416 e. The molecule has 0 saturated heterocycles. The van der Waals surface area contributed by atoms with Crippen LogP contribution in [0.3, 0.4) is 0 Å². The predicted molar refractivity (Wildman–Crippen MR) is 121 cm³/mol. The molecule has 0 aliphatic heterocycles. The van der Waals surface area contributed by atoms with E-state index in [2.05, 4.69) is 21.2 Å². The summed E-state index contributed by atoms with van der Waals surface area (Å²) in [5.41, 5.74) is -3.71. The maximum Gasteiger partial charge on any atom is 0.416 e. The van der Waals surface area contributed by atoms with E-state index in [1.54, 1.807) is 0 Å². The maximum absolute atomic E-state index is 14.0. The van der Waals surface area contributed by atoms with E-state index in [0.29, 0.717) is 28.5 Å². The van der Waals surface area contributed by atoms with Crippen LogP contribution in [-0.2, 0) is 27.4 Å². The first kappa shape index (κ1) is 26.5. The lowest BCUT2D eigenvalue weighted by Gasteiger charge is -2.16. The van der Waals surface area contributed by atoms with Crippen LogP contribution >= 0.6 is 15.9 Å². The highest BCUT2D eigenvalue weighted by Crippen LogP contribution is 2.35. The monoisotopic (exact) mass is 578 g/mol. The van der Waals surface area contributed by atoms with Gasteiger partial charge in [-0.1, -0.05) is 18.2 Å². The summed E-state index contributed by atoms with van der Waals surface area (Å²) >= 11 is 2.14. The smallest absolute Gasteiger partial charge is 0.348 e. The van der Waals surface area contributed by atoms with Crippen LogP contribution in [0.2, 0.25) is 0 Å². The number of nitrogens with zero attached hydrogens (tertiary/aromatic N) is 1. The number of hydrogen-bond acceptors (Lipinski definition) is 4. The van der Waals surface area contributed by atoms with Crippen LogP contribution in [0, 0.1) is 0 Å². The fourth-order valence-electron chi connectivity index (χ4n) is 3.06. The SMILES string of the molecule is CS(=O)(=O)c1ccc(CNC(=O)c2cc(C(F)(F)Br)cn(-c3cccc(C(F)(F)F)c3)c2=O)cc1. The first-order chi connectivity index (χ1) is 16.1. The van der Waals surface area contributed by atoms with Gasteiger partial charge in [0.1, 0.15) is 5.56 Å². The van der Waals surface area contributed by atoms with Gasteiger partial charge in [0, 0.05) is 30.2 Å². The molecular formula is C22H16BrF5N2O4S. The van der Waals surface area contributed by atoms with E-state index in [4.69, 9.17) is 0 Å². The number of carbonyl (C=O) groups is 1. The molecule has 186 valence electrons. The Morgan fingerprint density at radius 3 is 2.17 bits per heavy atom. The number of aromatic nitrogens is 1. The highest BCUT2D eigenvalue weighted by Gasteiger charge is 2.32. The first-order valence-electron chi connectivity index (χ1n) is 9.66. The fourth-order valence-corrected chi connectivity index (χ4v) is 3.90. The molecule has 0 spiro atoms. The van der Waals surface area contributed by atoms with E-state index in [9.17, 15) is 40.0 Å². The van der Waals surface area contributed by atoms with Gasteiger partial charge in [0.25, 0.3) is 11.5 Å². The van der Waals surface area contributed by atoms with Crippen LogP contribution < -0.4 is 10.9 Å². The van der Waals surface area contributed by atoms with Crippen LogP contribution in [-0.4, -0.2) is 25.1 Å². The van der Waals surface area contributed by atoms with Crippen LogP contribution in [0.25, 0.3) is 5.69 Å². The van der Waals surface area contributed by atoms with Crippen molar-refractivity contribution < 1.29 is 35.2 Å². The minimum atomic E-state index is -4.75. The molecule has 0 unspecified atom stereocenters. The molecule has 2 aromatic carbocycles. The average Bonchev–Trinajstić information content (AvgIpc) is 2.76. The van der Waals surface area contributed by atoms with Crippen LogP contribution in [0.4, 0.5) is 22.0 Å². The Hall–Kier alpha value is -3.06. The molecule has 0 bridgehead atoms. The highest BCUT2D eigenvalue weighted by molar-refractivity contribution is 9.09. The maximum atomic E-state index is 14.0. The lowest BCUT2D eigenvalue weighted by molar-refractivity contribution is -0.137. The number of rotatable bonds is 6. The number of amides is 1. The molecule has 13 heteroatoms. The Morgan fingerprint density at radius 1 is 1.00 bits per heavy atom. The quantitative estimate of drug-likeness (QED) is 0.341. The van der Waals surface area contributed by atoms with Crippen molar-refractivity contribution in [3.63, 3.8) is 0 Å². The number of nitrogens with one attached hydrogen (secondary N) is 1. The second kappa shape index (κ2) is 9.53. The molecule has 0 atom stereocenters. The number of carbonyl (C=O) groups excluding carboxylic acids is 1. The number of alkyl halides is 6. The van der Waals surface area contributed by atoms with Crippen molar-refractivity contribution in [2.75, 3.05) is 6.26 Å². The van der Waals surface area contributed by atoms with E-state index in [0.717, 1.165) is 24.5 Å². The standard InChI is InChI=1S/C22H16BrF5N2O4S/c1-35(33,34)17-7-5-13(6-8-17)11-29-19(31)18-10-15(21(23,24)25)12-30(20(18)32)16-4-2-3-14(9-16)22(26,27)28/h2-10,12H,11H2,1H3,(H,29,31). The Bertz CT molecular complexity index is 1430. The number of pyridine rings is 1. The third-order valence-electron chi connectivity index (χ3n) is 4.85. The average molecular weight is 579 g/mol. The normalized spacial score (nSPS) is 12.4. The second-order valence-electron chi connectivity index (χ2n) is 7.46. The lowest BCUT2D eigenvalue weighted by Crippen LogP contribution is -2.33. The molecule has 6 nitrogen and oxygen atoms in total. The van der Waals surface area contributed by atoms with Crippen molar-refractivity contribution in [3.8, 4) is 5.69 Å². The van der Waals surface area contributed by atoms with Gasteiger partial charge in [0.15, 0.2) is 9.84 Å². The first-order valence-corrected chi connectivity index (χ1v) is 12.3. The van der Waals surface area contributed by atoms with Crippen molar-refractivity contribution in [3.05, 3.63) is 93.4 Å². The summed E-state index contributed by atoms with van der Waals surface area (Å²) in [6, 6.07) is 9.56. The molecule has 1 amide bonds. The van der Waals surface area contributed by atoms with Crippen LogP contribution in [0.5, 0.6) is 0 Å². The van der Waals surface area contributed by atoms with Gasteiger partial charge in [0.05, 0.1) is 10.5 Å². The van der Waals surface area contributed by atoms with Gasteiger partial charge in [0.2, 0.25) is 0 Å². The number of benzene rings is 2. The Balaban J connectivity index is 1.99. The minimum Gasteiger partial charge on any atom is -0.348 e. The summed E-state index contributed by atoms with van der Waals surface area (Å²) in [5, 5.41) is 2.37. The molecule has 1 heterocycles.